The molecule has 0 radical (unpaired) electrons. The van der Waals surface area contributed by atoms with E-state index < -0.39 is 17.7 Å². The smallest absolute Gasteiger partial charge is 0.300 e. The quantitative estimate of drug-likeness (QED) is 0.366. The summed E-state index contributed by atoms with van der Waals surface area (Å²) in [6, 6.07) is 14.6. The Labute approximate surface area is 184 Å². The van der Waals surface area contributed by atoms with Crippen LogP contribution in [-0.4, -0.2) is 28.9 Å². The van der Waals surface area contributed by atoms with Gasteiger partial charge in [0.05, 0.1) is 24.3 Å². The van der Waals surface area contributed by atoms with Crippen molar-refractivity contribution in [3.8, 4) is 5.75 Å². The monoisotopic (exact) mass is 434 g/mol. The molecule has 0 spiro atoms. The summed E-state index contributed by atoms with van der Waals surface area (Å²) in [7, 11) is 1.45. The number of halogens is 1. The van der Waals surface area contributed by atoms with Crippen LogP contribution in [0.4, 0.5) is 5.69 Å². The zero-order chi connectivity index (χ0) is 22.1. The molecule has 1 atom stereocenters. The molecule has 31 heavy (non-hydrogen) atoms. The van der Waals surface area contributed by atoms with Crippen LogP contribution in [0, 0.1) is 6.92 Å². The molecule has 4 rings (SSSR count). The van der Waals surface area contributed by atoms with Gasteiger partial charge in [-0.3, -0.25) is 19.5 Å². The molecule has 0 bridgehead atoms. The van der Waals surface area contributed by atoms with Crippen LogP contribution in [-0.2, 0) is 9.59 Å². The van der Waals surface area contributed by atoms with Crippen LogP contribution >= 0.6 is 11.6 Å². The number of carbonyl (C=O) groups is 2. The van der Waals surface area contributed by atoms with Gasteiger partial charge in [-0.1, -0.05) is 29.8 Å². The average molecular weight is 435 g/mol. The van der Waals surface area contributed by atoms with E-state index in [1.807, 2.05) is 25.1 Å². The maximum absolute atomic E-state index is 13.2. The molecule has 1 N–H and O–H groups in total. The summed E-state index contributed by atoms with van der Waals surface area (Å²) in [5, 5.41) is 11.6. The van der Waals surface area contributed by atoms with Gasteiger partial charge < -0.3 is 9.84 Å². The van der Waals surface area contributed by atoms with E-state index in [1.54, 1.807) is 42.7 Å². The summed E-state index contributed by atoms with van der Waals surface area (Å²) in [6.07, 6.45) is 3.17. The fraction of sp³-hybridized carbons (Fsp3) is 0.125. The minimum Gasteiger partial charge on any atom is -0.507 e. The molecule has 1 fully saturated rings. The number of methoxy groups -OCH3 is 1. The van der Waals surface area contributed by atoms with Crippen molar-refractivity contribution < 1.29 is 19.4 Å². The number of ether oxygens (including phenoxy) is 1. The highest BCUT2D eigenvalue weighted by Crippen LogP contribution is 2.43. The normalized spacial score (nSPS) is 17.8. The Morgan fingerprint density at radius 3 is 2.61 bits per heavy atom. The molecule has 1 unspecified atom stereocenters. The highest BCUT2D eigenvalue weighted by atomic mass is 35.5. The predicted molar refractivity (Wildman–Crippen MR) is 118 cm³/mol. The van der Waals surface area contributed by atoms with Crippen LogP contribution < -0.4 is 9.64 Å². The summed E-state index contributed by atoms with van der Waals surface area (Å²) < 4.78 is 5.34. The number of aromatic nitrogens is 1. The highest BCUT2D eigenvalue weighted by molar-refractivity contribution is 6.51. The molecular weight excluding hydrogens is 416 g/mol. The zero-order valence-electron chi connectivity index (χ0n) is 16.9. The minimum absolute atomic E-state index is 0.0555. The van der Waals surface area contributed by atoms with Gasteiger partial charge in [0.15, 0.2) is 0 Å². The Morgan fingerprint density at radius 2 is 1.94 bits per heavy atom. The van der Waals surface area contributed by atoms with E-state index in [-0.39, 0.29) is 16.9 Å². The largest absolute Gasteiger partial charge is 0.507 e. The van der Waals surface area contributed by atoms with Crippen molar-refractivity contribution in [3.05, 3.63) is 94.3 Å². The number of carbonyl (C=O) groups excluding carboxylic acids is 2. The van der Waals surface area contributed by atoms with Gasteiger partial charge in [-0.25, -0.2) is 0 Å². The first-order chi connectivity index (χ1) is 14.9. The van der Waals surface area contributed by atoms with Gasteiger partial charge in [0, 0.05) is 23.1 Å². The van der Waals surface area contributed by atoms with E-state index in [0.29, 0.717) is 22.0 Å². The second-order valence-electron chi connectivity index (χ2n) is 7.14. The molecular formula is C24H19ClN2O4. The number of amides is 1. The van der Waals surface area contributed by atoms with Crippen LogP contribution in [0.2, 0.25) is 5.02 Å². The Morgan fingerprint density at radius 1 is 1.13 bits per heavy atom. The Kier molecular flexibility index (Phi) is 5.48. The Bertz CT molecular complexity index is 1210. The van der Waals surface area contributed by atoms with Gasteiger partial charge >= 0.3 is 0 Å². The highest BCUT2D eigenvalue weighted by Gasteiger charge is 2.47. The number of hydrogen-bond donors (Lipinski definition) is 1. The predicted octanol–water partition coefficient (Wildman–Crippen LogP) is 4.68. The standard InChI is InChI=1S/C24H19ClN2O4/c1-14-5-3-7-17(11-14)27-21(15-6-4-10-26-13-15)20(23(29)24(27)30)22(28)18-12-16(25)8-9-19(18)31-2/h3-13,21,28H,1-2H3/b22-20+. The summed E-state index contributed by atoms with van der Waals surface area (Å²) in [5.41, 5.74) is 2.24. The number of Topliss-reactive ketones (excluding diaryl/α,β-unsaturated/α-hetero) is 1. The van der Waals surface area contributed by atoms with Crippen molar-refractivity contribution in [1.29, 1.82) is 0 Å². The summed E-state index contributed by atoms with van der Waals surface area (Å²) in [5.74, 6) is -1.56. The Hall–Kier alpha value is -3.64. The lowest BCUT2D eigenvalue weighted by Gasteiger charge is -2.25. The third kappa shape index (κ3) is 3.66. The lowest BCUT2D eigenvalue weighted by molar-refractivity contribution is -0.132. The number of ketones is 1. The first-order valence-corrected chi connectivity index (χ1v) is 9.91. The second kappa shape index (κ2) is 8.24. The number of pyridine rings is 1. The van der Waals surface area contributed by atoms with Crippen LogP contribution in [0.15, 0.2) is 72.6 Å². The van der Waals surface area contributed by atoms with Crippen molar-refractivity contribution in [2.75, 3.05) is 12.0 Å². The van der Waals surface area contributed by atoms with Gasteiger partial charge in [0.25, 0.3) is 11.7 Å². The molecule has 1 aromatic heterocycles. The number of anilines is 1. The molecule has 2 heterocycles. The number of aliphatic hydroxyl groups excluding tert-OH is 1. The van der Waals surface area contributed by atoms with Gasteiger partial charge in [-0.05, 0) is 54.4 Å². The number of rotatable bonds is 4. The second-order valence-corrected chi connectivity index (χ2v) is 7.58. The minimum atomic E-state index is -0.862. The van der Waals surface area contributed by atoms with Crippen LogP contribution in [0.25, 0.3) is 5.76 Å². The first kappa shape index (κ1) is 20.6. The third-order valence-electron chi connectivity index (χ3n) is 5.14. The van der Waals surface area contributed by atoms with Crippen LogP contribution in [0.3, 0.4) is 0 Å². The molecule has 3 aromatic rings. The van der Waals surface area contributed by atoms with E-state index in [0.717, 1.165) is 5.56 Å². The van der Waals surface area contributed by atoms with Gasteiger partial charge in [0.2, 0.25) is 0 Å². The van der Waals surface area contributed by atoms with Crippen molar-refractivity contribution in [2.24, 2.45) is 0 Å². The zero-order valence-corrected chi connectivity index (χ0v) is 17.6. The molecule has 0 saturated carbocycles. The van der Waals surface area contributed by atoms with Crippen LogP contribution in [0.1, 0.15) is 22.7 Å². The van der Waals surface area contributed by atoms with E-state index in [2.05, 4.69) is 4.98 Å². The summed E-state index contributed by atoms with van der Waals surface area (Å²) >= 11 is 6.12. The van der Waals surface area contributed by atoms with E-state index >= 15 is 0 Å². The molecule has 6 nitrogen and oxygen atoms in total. The van der Waals surface area contributed by atoms with E-state index in [1.165, 1.54) is 18.1 Å². The number of aryl methyl sites for hydroxylation is 1. The maximum Gasteiger partial charge on any atom is 0.300 e. The number of aliphatic hydroxyl groups is 1. The summed E-state index contributed by atoms with van der Waals surface area (Å²) in [4.78, 5) is 31.8. The molecule has 0 aliphatic carbocycles. The SMILES string of the molecule is COc1ccc(Cl)cc1/C(O)=C1\C(=O)C(=O)N(c2cccc(C)c2)C1c1cccnc1. The van der Waals surface area contributed by atoms with Crippen molar-refractivity contribution in [2.45, 2.75) is 13.0 Å². The Balaban J connectivity index is 1.99. The van der Waals surface area contributed by atoms with Crippen molar-refractivity contribution in [1.82, 2.24) is 4.98 Å². The number of benzene rings is 2. The average Bonchev–Trinajstić information content (AvgIpc) is 3.04. The van der Waals surface area contributed by atoms with Crippen molar-refractivity contribution in [3.63, 3.8) is 0 Å². The fourth-order valence-electron chi connectivity index (χ4n) is 3.74. The van der Waals surface area contributed by atoms with E-state index in [4.69, 9.17) is 16.3 Å². The fourth-order valence-corrected chi connectivity index (χ4v) is 3.91. The molecule has 156 valence electrons. The lowest BCUT2D eigenvalue weighted by Crippen LogP contribution is -2.29. The number of hydrogen-bond acceptors (Lipinski definition) is 5. The molecule has 1 aliphatic heterocycles. The van der Waals surface area contributed by atoms with Gasteiger partial charge in [-0.15, -0.1) is 0 Å². The topological polar surface area (TPSA) is 79.7 Å². The van der Waals surface area contributed by atoms with Crippen LogP contribution in [0.5, 0.6) is 5.75 Å². The van der Waals surface area contributed by atoms with E-state index in [9.17, 15) is 14.7 Å². The van der Waals surface area contributed by atoms with Gasteiger partial charge in [0.1, 0.15) is 11.5 Å². The molecule has 1 aliphatic rings. The third-order valence-corrected chi connectivity index (χ3v) is 5.38. The molecule has 1 saturated heterocycles. The van der Waals surface area contributed by atoms with Crippen molar-refractivity contribution >= 4 is 34.7 Å². The number of nitrogens with zero attached hydrogens (tertiary/aromatic N) is 2. The molecule has 7 heteroatoms. The van der Waals surface area contributed by atoms with Gasteiger partial charge in [-0.2, -0.15) is 0 Å². The summed E-state index contributed by atoms with van der Waals surface area (Å²) in [6.45, 7) is 1.90. The molecule has 1 amide bonds. The lowest BCUT2D eigenvalue weighted by atomic mass is 9.95. The molecule has 2 aromatic carbocycles. The maximum atomic E-state index is 13.2. The first-order valence-electron chi connectivity index (χ1n) is 9.54.